The van der Waals surface area contributed by atoms with Crippen LogP contribution in [0.3, 0.4) is 0 Å². The first-order valence-corrected chi connectivity index (χ1v) is 7.98. The molecule has 0 saturated carbocycles. The molecule has 1 aromatic rings. The van der Waals surface area contributed by atoms with Gasteiger partial charge in [0.25, 0.3) is 5.91 Å². The van der Waals surface area contributed by atoms with E-state index in [4.69, 9.17) is 11.6 Å². The number of hydrogen-bond donors (Lipinski definition) is 1. The number of nitrogens with zero attached hydrogens (tertiary/aromatic N) is 1. The summed E-state index contributed by atoms with van der Waals surface area (Å²) in [5, 5.41) is 12.8. The smallest absolute Gasteiger partial charge is 0.265 e. The second kappa shape index (κ2) is 5.81. The molecule has 3 nitrogen and oxygen atoms in total. The number of carbonyl (C=O) groups excluding carboxylic acids is 1. The van der Waals surface area contributed by atoms with Crippen LogP contribution in [0.25, 0.3) is 0 Å². The molecule has 1 aromatic heterocycles. The minimum atomic E-state index is -0.583. The van der Waals surface area contributed by atoms with Crippen molar-refractivity contribution in [2.75, 3.05) is 13.1 Å². The minimum Gasteiger partial charge on any atom is -0.390 e. The number of likely N-dealkylation sites (tertiary alicyclic amines) is 1. The fraction of sp³-hybridized carbons (Fsp3) is 0.643. The van der Waals surface area contributed by atoms with Crippen molar-refractivity contribution in [3.05, 3.63) is 20.8 Å². The van der Waals surface area contributed by atoms with Gasteiger partial charge in [0.2, 0.25) is 0 Å². The lowest BCUT2D eigenvalue weighted by atomic mass is 9.87. The average molecular weight is 302 g/mol. The van der Waals surface area contributed by atoms with Crippen molar-refractivity contribution in [2.24, 2.45) is 0 Å². The molecule has 1 saturated heterocycles. The number of aliphatic hydroxyl groups is 1. The van der Waals surface area contributed by atoms with Gasteiger partial charge >= 0.3 is 0 Å². The molecule has 0 atom stereocenters. The zero-order valence-electron chi connectivity index (χ0n) is 11.4. The standard InChI is InChI=1S/C14H20ClNO2S/c1-3-4-14(18)5-7-16(8-6-14)13(17)12-11(15)10(2)9-19-12/h9,18H,3-8H2,1-2H3. The van der Waals surface area contributed by atoms with E-state index in [0.717, 1.165) is 18.4 Å². The number of carbonyl (C=O) groups is 1. The Hall–Kier alpha value is -0.580. The fourth-order valence-electron chi connectivity index (χ4n) is 2.56. The third-order valence-corrected chi connectivity index (χ3v) is 5.48. The molecule has 0 unspecified atom stereocenters. The van der Waals surface area contributed by atoms with Crippen molar-refractivity contribution < 1.29 is 9.90 Å². The van der Waals surface area contributed by atoms with Crippen LogP contribution in [-0.2, 0) is 0 Å². The Bertz CT molecular complexity index is 464. The van der Waals surface area contributed by atoms with Crippen molar-refractivity contribution in [3.63, 3.8) is 0 Å². The Labute approximate surface area is 123 Å². The number of aryl methyl sites for hydroxylation is 1. The molecular weight excluding hydrogens is 282 g/mol. The molecule has 1 aliphatic rings. The van der Waals surface area contributed by atoms with E-state index in [2.05, 4.69) is 6.92 Å². The number of piperidine rings is 1. The second-order valence-electron chi connectivity index (χ2n) is 5.33. The van der Waals surface area contributed by atoms with Crippen LogP contribution in [0.15, 0.2) is 5.38 Å². The van der Waals surface area contributed by atoms with Gasteiger partial charge in [0.1, 0.15) is 4.88 Å². The molecule has 2 rings (SSSR count). The molecule has 0 aliphatic carbocycles. The van der Waals surface area contributed by atoms with Crippen LogP contribution in [0, 0.1) is 6.92 Å². The highest BCUT2D eigenvalue weighted by Crippen LogP contribution is 2.31. The van der Waals surface area contributed by atoms with Crippen LogP contribution in [0.2, 0.25) is 5.02 Å². The van der Waals surface area contributed by atoms with Crippen LogP contribution < -0.4 is 0 Å². The molecule has 0 bridgehead atoms. The van der Waals surface area contributed by atoms with Crippen LogP contribution in [0.4, 0.5) is 0 Å². The molecule has 2 heterocycles. The summed E-state index contributed by atoms with van der Waals surface area (Å²) < 4.78 is 0. The van der Waals surface area contributed by atoms with Crippen molar-refractivity contribution in [3.8, 4) is 0 Å². The summed E-state index contributed by atoms with van der Waals surface area (Å²) in [5.74, 6) is 0.00153. The van der Waals surface area contributed by atoms with Gasteiger partial charge in [0.05, 0.1) is 10.6 Å². The van der Waals surface area contributed by atoms with Gasteiger partial charge in [-0.3, -0.25) is 4.79 Å². The second-order valence-corrected chi connectivity index (χ2v) is 6.59. The molecule has 0 spiro atoms. The predicted molar refractivity (Wildman–Crippen MR) is 79.1 cm³/mol. The number of hydrogen-bond acceptors (Lipinski definition) is 3. The summed E-state index contributed by atoms with van der Waals surface area (Å²) in [5.41, 5.74) is 0.371. The van der Waals surface area contributed by atoms with E-state index in [0.29, 0.717) is 35.8 Å². The van der Waals surface area contributed by atoms with Gasteiger partial charge in [-0.1, -0.05) is 24.9 Å². The number of thiophene rings is 1. The van der Waals surface area contributed by atoms with Gasteiger partial charge in [-0.05, 0) is 37.1 Å². The van der Waals surface area contributed by atoms with E-state index < -0.39 is 5.60 Å². The fourth-order valence-corrected chi connectivity index (χ4v) is 3.80. The Morgan fingerprint density at radius 3 is 2.63 bits per heavy atom. The van der Waals surface area contributed by atoms with Crippen LogP contribution in [-0.4, -0.2) is 34.6 Å². The number of amides is 1. The summed E-state index contributed by atoms with van der Waals surface area (Å²) in [6.45, 7) is 5.21. The zero-order chi connectivity index (χ0) is 14.0. The Morgan fingerprint density at radius 1 is 1.53 bits per heavy atom. The maximum absolute atomic E-state index is 12.4. The molecule has 1 amide bonds. The normalized spacial score (nSPS) is 18.6. The van der Waals surface area contributed by atoms with Crippen molar-refractivity contribution >= 4 is 28.8 Å². The largest absolute Gasteiger partial charge is 0.390 e. The lowest BCUT2D eigenvalue weighted by molar-refractivity contribution is -0.0232. The van der Waals surface area contributed by atoms with Gasteiger partial charge in [-0.15, -0.1) is 11.3 Å². The quantitative estimate of drug-likeness (QED) is 0.928. The van der Waals surface area contributed by atoms with Crippen molar-refractivity contribution in [1.82, 2.24) is 4.90 Å². The highest BCUT2D eigenvalue weighted by molar-refractivity contribution is 7.13. The van der Waals surface area contributed by atoms with Crippen molar-refractivity contribution in [1.29, 1.82) is 0 Å². The topological polar surface area (TPSA) is 40.5 Å². The summed E-state index contributed by atoms with van der Waals surface area (Å²) in [6.07, 6.45) is 3.11. The molecule has 0 radical (unpaired) electrons. The first kappa shape index (κ1) is 14.8. The predicted octanol–water partition coefficient (Wildman–Crippen LogP) is 3.48. The average Bonchev–Trinajstić information content (AvgIpc) is 2.70. The van der Waals surface area contributed by atoms with E-state index in [-0.39, 0.29) is 5.91 Å². The Morgan fingerprint density at radius 2 is 2.16 bits per heavy atom. The Balaban J connectivity index is 2.02. The molecule has 1 aliphatic heterocycles. The summed E-state index contributed by atoms with van der Waals surface area (Å²) >= 11 is 7.54. The maximum Gasteiger partial charge on any atom is 0.265 e. The minimum absolute atomic E-state index is 0.00153. The van der Waals surface area contributed by atoms with Gasteiger partial charge < -0.3 is 10.0 Å². The summed E-state index contributed by atoms with van der Waals surface area (Å²) in [6, 6.07) is 0. The molecule has 0 aromatic carbocycles. The lowest BCUT2D eigenvalue weighted by Gasteiger charge is -2.38. The first-order chi connectivity index (χ1) is 8.97. The summed E-state index contributed by atoms with van der Waals surface area (Å²) in [7, 11) is 0. The highest BCUT2D eigenvalue weighted by atomic mass is 35.5. The number of rotatable bonds is 3. The molecule has 1 fully saturated rings. The molecular formula is C14H20ClNO2S. The lowest BCUT2D eigenvalue weighted by Crippen LogP contribution is -2.46. The number of halogens is 1. The maximum atomic E-state index is 12.4. The van der Waals surface area contributed by atoms with E-state index in [1.54, 1.807) is 4.90 Å². The van der Waals surface area contributed by atoms with Crippen LogP contribution in [0.5, 0.6) is 0 Å². The molecule has 106 valence electrons. The summed E-state index contributed by atoms with van der Waals surface area (Å²) in [4.78, 5) is 14.8. The van der Waals surface area contributed by atoms with Gasteiger partial charge in [0, 0.05) is 13.1 Å². The highest BCUT2D eigenvalue weighted by Gasteiger charge is 2.34. The first-order valence-electron chi connectivity index (χ1n) is 6.72. The van der Waals surface area contributed by atoms with Crippen molar-refractivity contribution in [2.45, 2.75) is 45.1 Å². The van der Waals surface area contributed by atoms with Crippen LogP contribution >= 0.6 is 22.9 Å². The van der Waals surface area contributed by atoms with E-state index in [1.807, 2.05) is 12.3 Å². The van der Waals surface area contributed by atoms with Gasteiger partial charge in [0.15, 0.2) is 0 Å². The van der Waals surface area contributed by atoms with Gasteiger partial charge in [-0.25, -0.2) is 0 Å². The molecule has 5 heteroatoms. The van der Waals surface area contributed by atoms with E-state index >= 15 is 0 Å². The monoisotopic (exact) mass is 301 g/mol. The van der Waals surface area contributed by atoms with Crippen LogP contribution in [0.1, 0.15) is 47.8 Å². The van der Waals surface area contributed by atoms with E-state index in [1.165, 1.54) is 11.3 Å². The van der Waals surface area contributed by atoms with E-state index in [9.17, 15) is 9.90 Å². The zero-order valence-corrected chi connectivity index (χ0v) is 13.0. The molecule has 19 heavy (non-hydrogen) atoms. The third-order valence-electron chi connectivity index (χ3n) is 3.79. The SMILES string of the molecule is CCCC1(O)CCN(C(=O)c2scc(C)c2Cl)CC1. The Kier molecular flexibility index (Phi) is 4.54. The third kappa shape index (κ3) is 3.12. The molecule has 1 N–H and O–H groups in total. The van der Waals surface area contributed by atoms with Gasteiger partial charge in [-0.2, -0.15) is 0 Å².